The molecule has 2 aliphatic heterocycles. The average molecular weight is 398 g/mol. The smallest absolute Gasteiger partial charge is 0.270 e. The number of piperazine rings is 1. The number of benzene rings is 1. The number of hydrazone groups is 1. The van der Waals surface area contributed by atoms with Crippen LogP contribution < -0.4 is 9.91 Å². The van der Waals surface area contributed by atoms with Gasteiger partial charge in [0.2, 0.25) is 5.91 Å². The molecular formula is C20H23N5O2S. The van der Waals surface area contributed by atoms with Crippen LogP contribution >= 0.6 is 11.3 Å². The molecule has 0 radical (unpaired) electrons. The molecule has 0 saturated carbocycles. The fourth-order valence-electron chi connectivity index (χ4n) is 3.50. The molecule has 7 nitrogen and oxygen atoms in total. The van der Waals surface area contributed by atoms with E-state index in [1.807, 2.05) is 42.3 Å². The van der Waals surface area contributed by atoms with Crippen molar-refractivity contribution in [2.75, 3.05) is 36.1 Å². The summed E-state index contributed by atoms with van der Waals surface area (Å²) in [6, 6.07) is 5.92. The lowest BCUT2D eigenvalue weighted by Gasteiger charge is -2.35. The van der Waals surface area contributed by atoms with Gasteiger partial charge in [-0.2, -0.15) is 5.10 Å². The van der Waals surface area contributed by atoms with Crippen LogP contribution in [0.3, 0.4) is 0 Å². The van der Waals surface area contributed by atoms with Gasteiger partial charge in [-0.05, 0) is 31.0 Å². The summed E-state index contributed by atoms with van der Waals surface area (Å²) >= 11 is 1.61. The summed E-state index contributed by atoms with van der Waals surface area (Å²) in [4.78, 5) is 33.8. The highest BCUT2D eigenvalue weighted by Gasteiger charge is 2.30. The molecule has 8 heteroatoms. The van der Waals surface area contributed by atoms with Gasteiger partial charge in [0.25, 0.3) is 5.91 Å². The Morgan fingerprint density at radius 1 is 1.11 bits per heavy atom. The van der Waals surface area contributed by atoms with Gasteiger partial charge in [0.15, 0.2) is 5.13 Å². The van der Waals surface area contributed by atoms with Crippen LogP contribution in [0.1, 0.15) is 24.0 Å². The first-order valence-corrected chi connectivity index (χ1v) is 10.3. The Morgan fingerprint density at radius 2 is 1.89 bits per heavy atom. The molecule has 0 N–H and O–H groups in total. The third kappa shape index (κ3) is 3.64. The molecule has 0 aliphatic carbocycles. The van der Waals surface area contributed by atoms with Crippen LogP contribution in [0.5, 0.6) is 0 Å². The highest BCUT2D eigenvalue weighted by molar-refractivity contribution is 7.13. The Morgan fingerprint density at radius 3 is 2.61 bits per heavy atom. The van der Waals surface area contributed by atoms with Crippen molar-refractivity contribution in [1.82, 2.24) is 9.88 Å². The van der Waals surface area contributed by atoms with Gasteiger partial charge in [-0.15, -0.1) is 11.3 Å². The first-order chi connectivity index (χ1) is 13.5. The summed E-state index contributed by atoms with van der Waals surface area (Å²) in [6.45, 7) is 6.71. The largest absolute Gasteiger partial charge is 0.345 e. The SMILES string of the molecule is Cc1ccc(C)c(N2N=C(C(=O)N3CCN(c4nccs4)CC3)CCC2=O)c1. The van der Waals surface area contributed by atoms with Crippen LogP contribution in [0.15, 0.2) is 34.9 Å². The summed E-state index contributed by atoms with van der Waals surface area (Å²) < 4.78 is 0. The lowest BCUT2D eigenvalue weighted by Crippen LogP contribution is -2.51. The normalized spacial score (nSPS) is 17.7. The molecule has 28 heavy (non-hydrogen) atoms. The van der Waals surface area contributed by atoms with Crippen molar-refractivity contribution >= 4 is 39.7 Å². The molecule has 1 aromatic carbocycles. The molecule has 1 aromatic heterocycles. The Balaban J connectivity index is 1.49. The number of hydrogen-bond donors (Lipinski definition) is 0. The van der Waals surface area contributed by atoms with Crippen LogP contribution in [0, 0.1) is 13.8 Å². The lowest BCUT2D eigenvalue weighted by atomic mass is 10.1. The standard InChI is InChI=1S/C20H23N5O2S/c1-14-3-4-15(2)17(13-14)25-18(26)6-5-16(22-25)19(27)23-8-10-24(11-9-23)20-21-7-12-28-20/h3-4,7,12-13H,5-6,8-11H2,1-2H3. The zero-order chi connectivity index (χ0) is 19.7. The molecule has 3 heterocycles. The minimum Gasteiger partial charge on any atom is -0.345 e. The van der Waals surface area contributed by atoms with E-state index in [0.29, 0.717) is 31.6 Å². The van der Waals surface area contributed by atoms with E-state index in [-0.39, 0.29) is 11.8 Å². The van der Waals surface area contributed by atoms with Crippen molar-refractivity contribution < 1.29 is 9.59 Å². The molecule has 2 aliphatic rings. The first kappa shape index (κ1) is 18.6. The Kier molecular flexibility index (Phi) is 5.13. The highest BCUT2D eigenvalue weighted by Crippen LogP contribution is 2.26. The number of nitrogens with zero attached hydrogens (tertiary/aromatic N) is 5. The fourth-order valence-corrected chi connectivity index (χ4v) is 4.20. The molecule has 2 amide bonds. The summed E-state index contributed by atoms with van der Waals surface area (Å²) in [5.41, 5.74) is 3.24. The van der Waals surface area contributed by atoms with E-state index in [2.05, 4.69) is 15.0 Å². The number of aryl methyl sites for hydroxylation is 2. The van der Waals surface area contributed by atoms with Crippen molar-refractivity contribution in [1.29, 1.82) is 0 Å². The van der Waals surface area contributed by atoms with Crippen molar-refractivity contribution in [2.24, 2.45) is 5.10 Å². The highest BCUT2D eigenvalue weighted by atomic mass is 32.1. The quantitative estimate of drug-likeness (QED) is 0.798. The van der Waals surface area contributed by atoms with Crippen molar-refractivity contribution in [3.05, 3.63) is 40.9 Å². The zero-order valence-corrected chi connectivity index (χ0v) is 16.9. The molecular weight excluding hydrogens is 374 g/mol. The van der Waals surface area contributed by atoms with E-state index in [0.717, 1.165) is 35.0 Å². The fraction of sp³-hybridized carbons (Fsp3) is 0.400. The maximum absolute atomic E-state index is 13.0. The van der Waals surface area contributed by atoms with E-state index in [1.54, 1.807) is 17.5 Å². The number of thiazole rings is 1. The van der Waals surface area contributed by atoms with Gasteiger partial charge in [0, 0.05) is 50.6 Å². The van der Waals surface area contributed by atoms with Crippen molar-refractivity contribution in [3.8, 4) is 0 Å². The molecule has 2 aromatic rings. The van der Waals surface area contributed by atoms with Gasteiger partial charge in [0.05, 0.1) is 5.69 Å². The second-order valence-corrected chi connectivity index (χ2v) is 8.01. The van der Waals surface area contributed by atoms with Crippen molar-refractivity contribution in [2.45, 2.75) is 26.7 Å². The van der Waals surface area contributed by atoms with Crippen LogP contribution in [0.2, 0.25) is 0 Å². The molecule has 0 spiro atoms. The molecule has 1 fully saturated rings. The van der Waals surface area contributed by atoms with Gasteiger partial charge in [-0.25, -0.2) is 9.99 Å². The third-order valence-electron chi connectivity index (χ3n) is 5.13. The number of carbonyl (C=O) groups is 2. The minimum absolute atomic E-state index is 0.0680. The monoisotopic (exact) mass is 397 g/mol. The predicted molar refractivity (Wildman–Crippen MR) is 111 cm³/mol. The predicted octanol–water partition coefficient (Wildman–Crippen LogP) is 2.59. The van der Waals surface area contributed by atoms with Crippen molar-refractivity contribution in [3.63, 3.8) is 0 Å². The molecule has 146 valence electrons. The zero-order valence-electron chi connectivity index (χ0n) is 16.1. The Bertz CT molecular complexity index is 917. The van der Waals surface area contributed by atoms with E-state index in [4.69, 9.17) is 0 Å². The van der Waals surface area contributed by atoms with E-state index >= 15 is 0 Å². The molecule has 0 bridgehead atoms. The van der Waals surface area contributed by atoms with Crippen LogP contribution in [0.4, 0.5) is 10.8 Å². The lowest BCUT2D eigenvalue weighted by molar-refractivity contribution is -0.124. The summed E-state index contributed by atoms with van der Waals surface area (Å²) in [5.74, 6) is -0.138. The number of aromatic nitrogens is 1. The minimum atomic E-state index is -0.0705. The molecule has 1 saturated heterocycles. The number of amides is 2. The maximum atomic E-state index is 13.0. The number of hydrogen-bond acceptors (Lipinski definition) is 6. The summed E-state index contributed by atoms with van der Waals surface area (Å²) in [6.07, 6.45) is 2.50. The van der Waals surface area contributed by atoms with Crippen LogP contribution in [0.25, 0.3) is 0 Å². The van der Waals surface area contributed by atoms with Gasteiger partial charge in [-0.3, -0.25) is 9.59 Å². The van der Waals surface area contributed by atoms with Gasteiger partial charge >= 0.3 is 0 Å². The number of rotatable bonds is 3. The summed E-state index contributed by atoms with van der Waals surface area (Å²) in [7, 11) is 0. The molecule has 4 rings (SSSR count). The topological polar surface area (TPSA) is 69.1 Å². The van der Waals surface area contributed by atoms with Gasteiger partial charge in [-0.1, -0.05) is 12.1 Å². The van der Waals surface area contributed by atoms with Gasteiger partial charge in [0.1, 0.15) is 5.71 Å². The van der Waals surface area contributed by atoms with E-state index < -0.39 is 0 Å². The number of carbonyl (C=O) groups excluding carboxylic acids is 2. The number of anilines is 2. The van der Waals surface area contributed by atoms with Crippen LogP contribution in [-0.4, -0.2) is 53.6 Å². The Hall–Kier alpha value is -2.74. The third-order valence-corrected chi connectivity index (χ3v) is 5.96. The van der Waals surface area contributed by atoms with Gasteiger partial charge < -0.3 is 9.80 Å². The van der Waals surface area contributed by atoms with Crippen LogP contribution in [-0.2, 0) is 9.59 Å². The van der Waals surface area contributed by atoms with E-state index in [1.165, 1.54) is 5.01 Å². The first-order valence-electron chi connectivity index (χ1n) is 9.44. The molecule has 0 atom stereocenters. The molecule has 0 unspecified atom stereocenters. The van der Waals surface area contributed by atoms with E-state index in [9.17, 15) is 9.59 Å². The average Bonchev–Trinajstić information content (AvgIpc) is 3.25. The summed E-state index contributed by atoms with van der Waals surface area (Å²) in [5, 5.41) is 8.83. The second kappa shape index (κ2) is 7.71. The second-order valence-electron chi connectivity index (χ2n) is 7.14. The maximum Gasteiger partial charge on any atom is 0.270 e. The Labute approximate surface area is 168 Å².